The van der Waals surface area contributed by atoms with Gasteiger partial charge in [-0.1, -0.05) is 18.5 Å². The van der Waals surface area contributed by atoms with E-state index in [1.54, 1.807) is 24.5 Å². The van der Waals surface area contributed by atoms with Gasteiger partial charge in [0.15, 0.2) is 11.5 Å². The van der Waals surface area contributed by atoms with Gasteiger partial charge in [0, 0.05) is 35.6 Å². The van der Waals surface area contributed by atoms with Gasteiger partial charge >= 0.3 is 0 Å². The Balaban J connectivity index is 1.20. The Labute approximate surface area is 254 Å². The molecular formula is C32H35ClN8O2. The highest BCUT2D eigenvalue weighted by atomic mass is 35.5. The van der Waals surface area contributed by atoms with E-state index in [1.807, 2.05) is 29.9 Å². The van der Waals surface area contributed by atoms with E-state index in [0.717, 1.165) is 71.3 Å². The minimum atomic E-state index is -0.490. The van der Waals surface area contributed by atoms with Crippen LogP contribution in [0.1, 0.15) is 52.9 Å². The number of H-pyrrole nitrogens is 1. The average molecular weight is 599 g/mol. The van der Waals surface area contributed by atoms with Crippen LogP contribution >= 0.6 is 11.6 Å². The van der Waals surface area contributed by atoms with Crippen molar-refractivity contribution in [2.75, 3.05) is 16.8 Å². The summed E-state index contributed by atoms with van der Waals surface area (Å²) in [6.07, 6.45) is 11.7. The lowest BCUT2D eigenvalue weighted by Crippen LogP contribution is -2.56. The van der Waals surface area contributed by atoms with Crippen LogP contribution in [0, 0.1) is 11.3 Å². The number of rotatable bonds is 7. The van der Waals surface area contributed by atoms with Crippen LogP contribution < -0.4 is 15.0 Å². The molecule has 10 nitrogen and oxygen atoms in total. The summed E-state index contributed by atoms with van der Waals surface area (Å²) in [6, 6.07) is 10.3. The zero-order valence-corrected chi connectivity index (χ0v) is 25.3. The van der Waals surface area contributed by atoms with Crippen molar-refractivity contribution in [1.29, 1.82) is 0 Å². The standard InChI is InChI=1S/C32H35ClN8O2/c1-4-32(31(42)37-30-26(33)7-6-10-34-30)14-20-11-19(3)41(22(12-20)15-32)27-9-8-21(16-35-27)24-13-23(43-5-2)18-40-28(24)25-17-36-38-29(25)39-40/h6-10,13,16-20,22H,4-5,11-12,14-15H2,1-3H3,(H,38,39)(H,34,37,42). The number of halogens is 1. The van der Waals surface area contributed by atoms with Gasteiger partial charge in [0.1, 0.15) is 11.6 Å². The summed E-state index contributed by atoms with van der Waals surface area (Å²) in [5, 5.41) is 16.2. The summed E-state index contributed by atoms with van der Waals surface area (Å²) < 4.78 is 7.71. The van der Waals surface area contributed by atoms with Crippen molar-refractivity contribution in [2.24, 2.45) is 11.3 Å². The fourth-order valence-electron chi connectivity index (χ4n) is 7.46. The van der Waals surface area contributed by atoms with Gasteiger partial charge in [0.2, 0.25) is 5.91 Å². The molecule has 1 aliphatic carbocycles. The average Bonchev–Trinajstić information content (AvgIpc) is 3.59. The number of hydrogen-bond acceptors (Lipinski definition) is 7. The van der Waals surface area contributed by atoms with Gasteiger partial charge in [-0.2, -0.15) is 5.10 Å². The lowest BCUT2D eigenvalue weighted by atomic mass is 9.62. The molecule has 2 aliphatic rings. The molecule has 1 saturated carbocycles. The normalized spacial score (nSPS) is 23.5. The molecule has 43 heavy (non-hydrogen) atoms. The smallest absolute Gasteiger partial charge is 0.231 e. The number of carbonyl (C=O) groups excluding carboxylic acids is 1. The van der Waals surface area contributed by atoms with E-state index in [4.69, 9.17) is 21.3 Å². The number of nitrogens with one attached hydrogen (secondary N) is 2. The van der Waals surface area contributed by atoms with E-state index in [9.17, 15) is 4.79 Å². The van der Waals surface area contributed by atoms with Gasteiger partial charge in [-0.3, -0.25) is 9.89 Å². The fourth-order valence-corrected chi connectivity index (χ4v) is 7.62. The number of amides is 1. The Morgan fingerprint density at radius 1 is 1.19 bits per heavy atom. The molecule has 1 saturated heterocycles. The maximum Gasteiger partial charge on any atom is 0.231 e. The number of fused-ring (bicyclic) bond motifs is 5. The number of pyridine rings is 3. The molecule has 2 bridgehead atoms. The first-order chi connectivity index (χ1) is 20.9. The second-order valence-corrected chi connectivity index (χ2v) is 12.3. The minimum absolute atomic E-state index is 0.00711. The van der Waals surface area contributed by atoms with Crippen LogP contribution in [0.2, 0.25) is 5.02 Å². The van der Waals surface area contributed by atoms with Crippen LogP contribution in [0.25, 0.3) is 27.7 Å². The third kappa shape index (κ3) is 4.77. The van der Waals surface area contributed by atoms with Crippen molar-refractivity contribution in [3.63, 3.8) is 0 Å². The topological polar surface area (TPSA) is 113 Å². The molecule has 2 fully saturated rings. The summed E-state index contributed by atoms with van der Waals surface area (Å²) in [5.74, 6) is 2.58. The number of carbonyl (C=O) groups is 1. The van der Waals surface area contributed by atoms with Crippen molar-refractivity contribution in [1.82, 2.24) is 29.8 Å². The van der Waals surface area contributed by atoms with E-state index >= 15 is 0 Å². The molecule has 4 atom stereocenters. The molecule has 11 heteroatoms. The molecule has 0 radical (unpaired) electrons. The third-order valence-electron chi connectivity index (χ3n) is 9.34. The highest BCUT2D eigenvalue weighted by molar-refractivity contribution is 6.33. The number of ether oxygens (including phenoxy) is 1. The second kappa shape index (κ2) is 10.8. The van der Waals surface area contributed by atoms with Crippen molar-refractivity contribution in [2.45, 2.75) is 65.0 Å². The maximum absolute atomic E-state index is 13.8. The summed E-state index contributed by atoms with van der Waals surface area (Å²) in [4.78, 5) is 25.5. The number of aromatic amines is 1. The predicted molar refractivity (Wildman–Crippen MR) is 168 cm³/mol. The number of hydrogen-bond donors (Lipinski definition) is 2. The number of anilines is 2. The zero-order chi connectivity index (χ0) is 29.7. The summed E-state index contributed by atoms with van der Waals surface area (Å²) in [5.41, 5.74) is 3.14. The molecule has 0 spiro atoms. The first-order valence-electron chi connectivity index (χ1n) is 15.0. The van der Waals surface area contributed by atoms with Crippen molar-refractivity contribution < 1.29 is 9.53 Å². The fraction of sp³-hybridized carbons (Fsp3) is 0.406. The van der Waals surface area contributed by atoms with Gasteiger partial charge in [0.05, 0.1) is 40.3 Å². The Morgan fingerprint density at radius 3 is 2.84 bits per heavy atom. The van der Waals surface area contributed by atoms with E-state index < -0.39 is 5.41 Å². The van der Waals surface area contributed by atoms with Crippen LogP contribution in [0.4, 0.5) is 11.6 Å². The highest BCUT2D eigenvalue weighted by Gasteiger charge is 2.50. The molecule has 222 valence electrons. The van der Waals surface area contributed by atoms with E-state index in [-0.39, 0.29) is 11.9 Å². The minimum Gasteiger partial charge on any atom is -0.492 e. The molecule has 2 N–H and O–H groups in total. The van der Waals surface area contributed by atoms with E-state index in [2.05, 4.69) is 56.5 Å². The van der Waals surface area contributed by atoms with Crippen LogP contribution in [-0.4, -0.2) is 54.4 Å². The Kier molecular flexibility index (Phi) is 6.96. The molecule has 5 aromatic rings. The largest absolute Gasteiger partial charge is 0.492 e. The molecule has 1 aliphatic heterocycles. The SMILES string of the molecule is CCOc1cc(-c2ccc(N3C(C)CC4CC3CC(CC)(C(=O)Nc3ncccc3Cl)C4)nc2)c2c3cn[nH]c3nn2c1. The predicted octanol–water partition coefficient (Wildman–Crippen LogP) is 6.52. The van der Waals surface area contributed by atoms with Crippen LogP contribution in [0.15, 0.2) is 55.1 Å². The van der Waals surface area contributed by atoms with Gasteiger partial charge < -0.3 is 15.0 Å². The van der Waals surface area contributed by atoms with Gasteiger partial charge in [-0.05, 0) is 82.2 Å². The molecular weight excluding hydrogens is 564 g/mol. The van der Waals surface area contributed by atoms with Gasteiger partial charge in [0.25, 0.3) is 0 Å². The second-order valence-electron chi connectivity index (χ2n) is 11.9. The maximum atomic E-state index is 13.8. The molecule has 0 aromatic carbocycles. The lowest BCUT2D eigenvalue weighted by molar-refractivity contribution is -0.129. The highest BCUT2D eigenvalue weighted by Crippen LogP contribution is 2.50. The summed E-state index contributed by atoms with van der Waals surface area (Å²) >= 11 is 6.33. The van der Waals surface area contributed by atoms with Crippen molar-refractivity contribution in [3.8, 4) is 16.9 Å². The summed E-state index contributed by atoms with van der Waals surface area (Å²) in [6.45, 7) is 6.92. The van der Waals surface area contributed by atoms with Crippen LogP contribution in [0.5, 0.6) is 5.75 Å². The zero-order valence-electron chi connectivity index (χ0n) is 24.5. The Bertz CT molecular complexity index is 1800. The molecule has 5 aromatic heterocycles. The monoisotopic (exact) mass is 598 g/mol. The lowest BCUT2D eigenvalue weighted by Gasteiger charge is -2.53. The summed E-state index contributed by atoms with van der Waals surface area (Å²) in [7, 11) is 0. The Morgan fingerprint density at radius 2 is 2.07 bits per heavy atom. The number of nitrogens with zero attached hydrogens (tertiary/aromatic N) is 6. The van der Waals surface area contributed by atoms with Gasteiger partial charge in [-0.15, -0.1) is 5.10 Å². The molecule has 1 amide bonds. The van der Waals surface area contributed by atoms with Crippen LogP contribution in [0.3, 0.4) is 0 Å². The molecule has 7 rings (SSSR count). The third-order valence-corrected chi connectivity index (χ3v) is 9.64. The number of aromatic nitrogens is 6. The Hall–Kier alpha value is -4.18. The first kappa shape index (κ1) is 27.6. The van der Waals surface area contributed by atoms with Crippen LogP contribution in [-0.2, 0) is 4.79 Å². The van der Waals surface area contributed by atoms with Crippen molar-refractivity contribution in [3.05, 3.63) is 60.1 Å². The number of piperidine rings is 1. The quantitative estimate of drug-likeness (QED) is 0.219. The molecule has 6 heterocycles. The first-order valence-corrected chi connectivity index (χ1v) is 15.4. The molecule has 4 unspecified atom stereocenters. The van der Waals surface area contributed by atoms with Crippen molar-refractivity contribution >= 4 is 45.7 Å². The van der Waals surface area contributed by atoms with E-state index in [0.29, 0.717) is 29.4 Å². The van der Waals surface area contributed by atoms with Gasteiger partial charge in [-0.25, -0.2) is 14.5 Å². The van der Waals surface area contributed by atoms with E-state index in [1.165, 1.54) is 0 Å².